The molecule has 13 heteroatoms. The van der Waals surface area contributed by atoms with Gasteiger partial charge in [0.05, 0.1) is 41.1 Å². The third-order valence-electron chi connectivity index (χ3n) is 8.61. The van der Waals surface area contributed by atoms with Crippen LogP contribution in [0.1, 0.15) is 66.1 Å². The normalized spacial score (nSPS) is 23.0. The Hall–Kier alpha value is -3.28. The molecule has 234 valence electrons. The van der Waals surface area contributed by atoms with E-state index in [1.165, 1.54) is 12.1 Å². The number of nitrogens with zero attached hydrogens (tertiary/aromatic N) is 1. The molecule has 4 unspecified atom stereocenters. The predicted molar refractivity (Wildman–Crippen MR) is 155 cm³/mol. The van der Waals surface area contributed by atoms with E-state index in [9.17, 15) is 22.8 Å². The van der Waals surface area contributed by atoms with Crippen LogP contribution in [0.25, 0.3) is 11.3 Å². The van der Waals surface area contributed by atoms with E-state index in [4.69, 9.17) is 32.5 Å². The number of aromatic nitrogens is 1. The van der Waals surface area contributed by atoms with Crippen molar-refractivity contribution in [2.45, 2.75) is 63.5 Å². The number of methoxy groups -OCH3 is 1. The average molecular weight is 653 g/mol. The summed E-state index contributed by atoms with van der Waals surface area (Å²) in [6.45, 7) is 0.248. The zero-order valence-corrected chi connectivity index (χ0v) is 25.1. The monoisotopic (exact) mass is 652 g/mol. The lowest BCUT2D eigenvalue weighted by Gasteiger charge is -2.29. The number of carbonyl (C=O) groups is 2. The number of rotatable bonds is 9. The number of hydrogen-bond donors (Lipinski definition) is 1. The van der Waals surface area contributed by atoms with Crippen molar-refractivity contribution in [2.24, 2.45) is 17.8 Å². The topological polar surface area (TPSA) is 99.9 Å². The number of halogens is 5. The van der Waals surface area contributed by atoms with Crippen molar-refractivity contribution in [3.8, 4) is 17.0 Å². The van der Waals surface area contributed by atoms with Crippen LogP contribution in [0.2, 0.25) is 10.0 Å². The number of alkyl halides is 3. The molecule has 0 radical (unpaired) electrons. The first kappa shape index (κ1) is 30.7. The Balaban J connectivity index is 1.14. The molecule has 3 fully saturated rings. The van der Waals surface area contributed by atoms with Gasteiger partial charge in [-0.1, -0.05) is 34.4 Å². The zero-order chi connectivity index (χ0) is 31.2. The molecular formula is C31H29Cl2F3N2O6. The Bertz CT molecular complexity index is 1550. The molecule has 0 aliphatic heterocycles. The molecule has 3 aliphatic carbocycles. The Morgan fingerprint density at radius 3 is 2.50 bits per heavy atom. The summed E-state index contributed by atoms with van der Waals surface area (Å²) < 4.78 is 60.2. The smallest absolute Gasteiger partial charge is 0.465 e. The molecule has 1 heterocycles. The van der Waals surface area contributed by atoms with E-state index in [-0.39, 0.29) is 41.7 Å². The minimum absolute atomic E-state index is 0.0112. The molecule has 3 aliphatic rings. The summed E-state index contributed by atoms with van der Waals surface area (Å²) >= 11 is 13.0. The quantitative estimate of drug-likeness (QED) is 0.233. The lowest BCUT2D eigenvalue weighted by atomic mass is 9.85. The predicted octanol–water partition coefficient (Wildman–Crippen LogP) is 8.17. The Labute approximate surface area is 261 Å². The zero-order valence-electron chi connectivity index (χ0n) is 23.6. The number of ether oxygens (including phenoxy) is 3. The van der Waals surface area contributed by atoms with Crippen molar-refractivity contribution in [2.75, 3.05) is 12.4 Å². The van der Waals surface area contributed by atoms with Gasteiger partial charge in [-0.05, 0) is 80.7 Å². The van der Waals surface area contributed by atoms with E-state index in [2.05, 4.69) is 19.9 Å². The Morgan fingerprint density at radius 1 is 1.07 bits per heavy atom. The summed E-state index contributed by atoms with van der Waals surface area (Å²) in [7, 11) is 1.11. The number of esters is 1. The summed E-state index contributed by atoms with van der Waals surface area (Å²) in [6.07, 6.45) is -0.358. The van der Waals surface area contributed by atoms with Crippen LogP contribution in [0, 0.1) is 17.8 Å². The maximum atomic E-state index is 13.4. The van der Waals surface area contributed by atoms with Crippen molar-refractivity contribution >= 4 is 40.8 Å². The highest BCUT2D eigenvalue weighted by molar-refractivity contribution is 6.39. The van der Waals surface area contributed by atoms with Gasteiger partial charge >= 0.3 is 12.3 Å². The SMILES string of the molecule is COC(=O)c1ccc(NC(=O)C2CC3CC(OCc4c(-c5c(Cl)cccc5Cl)noc4C4CC4)CC2C3)c(OC(F)(F)F)c1. The fraction of sp³-hybridized carbons (Fsp3) is 0.452. The number of benzene rings is 2. The van der Waals surface area contributed by atoms with Crippen LogP contribution in [0.15, 0.2) is 40.9 Å². The van der Waals surface area contributed by atoms with E-state index in [1.54, 1.807) is 18.2 Å². The highest BCUT2D eigenvalue weighted by Gasteiger charge is 2.45. The first-order valence-corrected chi connectivity index (χ1v) is 15.1. The van der Waals surface area contributed by atoms with E-state index in [0.717, 1.165) is 50.2 Å². The van der Waals surface area contributed by atoms with Gasteiger partial charge < -0.3 is 24.1 Å². The van der Waals surface area contributed by atoms with E-state index in [0.29, 0.717) is 34.1 Å². The van der Waals surface area contributed by atoms with Crippen molar-refractivity contribution in [3.05, 3.63) is 63.3 Å². The molecule has 3 saturated carbocycles. The molecule has 2 bridgehead atoms. The number of fused-ring (bicyclic) bond motifs is 2. The van der Waals surface area contributed by atoms with E-state index >= 15 is 0 Å². The molecule has 8 nitrogen and oxygen atoms in total. The van der Waals surface area contributed by atoms with E-state index < -0.39 is 29.9 Å². The van der Waals surface area contributed by atoms with E-state index in [1.807, 2.05) is 0 Å². The maximum absolute atomic E-state index is 13.4. The number of nitrogens with one attached hydrogen (secondary N) is 1. The van der Waals surface area contributed by atoms with Gasteiger partial charge in [0.1, 0.15) is 11.5 Å². The van der Waals surface area contributed by atoms with Crippen molar-refractivity contribution in [1.82, 2.24) is 5.16 Å². The standard InChI is InChI=1S/C31H29Cl2F3N2O6/c1-41-30(40)17-7-8-24(25(13-17)43-31(34,35)36)37-29(39)20-11-15-9-18(20)12-19(10-15)42-14-21-27(38-44-28(21)16-5-6-16)26-22(32)3-2-4-23(26)33/h2-4,7-8,13,15-16,18-20H,5-6,9-12,14H2,1H3,(H,37,39). The van der Waals surface area contributed by atoms with Gasteiger partial charge in [-0.3, -0.25) is 4.79 Å². The minimum atomic E-state index is -5.02. The molecule has 1 aromatic heterocycles. The average Bonchev–Trinajstić information content (AvgIpc) is 3.66. The van der Waals surface area contributed by atoms with Gasteiger partial charge in [0.25, 0.3) is 0 Å². The molecule has 3 aromatic rings. The third kappa shape index (κ3) is 6.55. The van der Waals surface area contributed by atoms with Gasteiger partial charge in [-0.25, -0.2) is 4.79 Å². The van der Waals surface area contributed by atoms with Gasteiger partial charge in [0.15, 0.2) is 5.75 Å². The third-order valence-corrected chi connectivity index (χ3v) is 9.24. The first-order chi connectivity index (χ1) is 21.0. The van der Waals surface area contributed by atoms with Crippen LogP contribution in [-0.2, 0) is 20.9 Å². The molecule has 2 aromatic carbocycles. The van der Waals surface area contributed by atoms with Crippen LogP contribution < -0.4 is 10.1 Å². The number of anilines is 1. The van der Waals surface area contributed by atoms with Gasteiger partial charge in [-0.2, -0.15) is 0 Å². The van der Waals surface area contributed by atoms with Crippen LogP contribution >= 0.6 is 23.2 Å². The summed E-state index contributed by atoms with van der Waals surface area (Å²) in [6, 6.07) is 8.63. The second-order valence-corrected chi connectivity index (χ2v) is 12.4. The van der Waals surface area contributed by atoms with Crippen LogP contribution in [-0.4, -0.2) is 36.6 Å². The van der Waals surface area contributed by atoms with Gasteiger partial charge in [0.2, 0.25) is 5.91 Å². The fourth-order valence-electron chi connectivity index (χ4n) is 6.51. The van der Waals surface area contributed by atoms with Gasteiger partial charge in [-0.15, -0.1) is 13.2 Å². The maximum Gasteiger partial charge on any atom is 0.573 e. The summed E-state index contributed by atoms with van der Waals surface area (Å²) in [5, 5.41) is 7.84. The van der Waals surface area contributed by atoms with Crippen molar-refractivity contribution in [3.63, 3.8) is 0 Å². The minimum Gasteiger partial charge on any atom is -0.465 e. The first-order valence-electron chi connectivity index (χ1n) is 14.3. The molecule has 4 atom stereocenters. The van der Waals surface area contributed by atoms with Crippen molar-refractivity contribution < 1.29 is 41.5 Å². The van der Waals surface area contributed by atoms with Crippen LogP contribution in [0.4, 0.5) is 18.9 Å². The molecular weight excluding hydrogens is 624 g/mol. The largest absolute Gasteiger partial charge is 0.573 e. The highest BCUT2D eigenvalue weighted by atomic mass is 35.5. The number of carbonyl (C=O) groups excluding carboxylic acids is 2. The lowest BCUT2D eigenvalue weighted by Crippen LogP contribution is -2.29. The Kier molecular flexibility index (Phi) is 8.56. The molecule has 0 saturated heterocycles. The highest BCUT2D eigenvalue weighted by Crippen LogP contribution is 2.49. The van der Waals surface area contributed by atoms with Crippen molar-refractivity contribution in [1.29, 1.82) is 0 Å². The molecule has 6 rings (SSSR count). The molecule has 1 amide bonds. The van der Waals surface area contributed by atoms with Gasteiger partial charge in [0, 0.05) is 23.0 Å². The van der Waals surface area contributed by atoms with Crippen LogP contribution in [0.3, 0.4) is 0 Å². The Morgan fingerprint density at radius 2 is 1.82 bits per heavy atom. The number of hydrogen-bond acceptors (Lipinski definition) is 7. The van der Waals surface area contributed by atoms with Crippen LogP contribution in [0.5, 0.6) is 5.75 Å². The summed E-state index contributed by atoms with van der Waals surface area (Å²) in [5.74, 6) is -1.06. The number of amides is 1. The molecule has 44 heavy (non-hydrogen) atoms. The molecule has 0 spiro atoms. The molecule has 1 N–H and O–H groups in total. The lowest BCUT2D eigenvalue weighted by molar-refractivity contribution is -0.274. The second kappa shape index (κ2) is 12.3. The fourth-order valence-corrected chi connectivity index (χ4v) is 7.09. The summed E-state index contributed by atoms with van der Waals surface area (Å²) in [5.41, 5.74) is 1.66. The second-order valence-electron chi connectivity index (χ2n) is 11.6. The summed E-state index contributed by atoms with van der Waals surface area (Å²) in [4.78, 5) is 25.2.